The van der Waals surface area contributed by atoms with E-state index in [0.29, 0.717) is 5.69 Å². The molecule has 0 saturated heterocycles. The minimum atomic E-state index is -1.08. The number of carbonyl (C=O) groups excluding carboxylic acids is 1. The van der Waals surface area contributed by atoms with Gasteiger partial charge in [0, 0.05) is 6.20 Å². The van der Waals surface area contributed by atoms with Crippen molar-refractivity contribution in [1.29, 1.82) is 0 Å². The number of carboxylic acid groups (broad SMARTS) is 1. The van der Waals surface area contributed by atoms with Gasteiger partial charge in [0.05, 0.1) is 17.8 Å². The van der Waals surface area contributed by atoms with Crippen LogP contribution in [0.5, 0.6) is 0 Å². The number of carbonyl (C=O) groups is 2. The van der Waals surface area contributed by atoms with Crippen molar-refractivity contribution in [3.63, 3.8) is 0 Å². The van der Waals surface area contributed by atoms with Crippen LogP contribution < -0.4 is 11.1 Å². The Balaban J connectivity index is 2.53. The second-order valence-electron chi connectivity index (χ2n) is 3.09. The molecule has 0 aliphatic carbocycles. The van der Waals surface area contributed by atoms with Crippen LogP contribution in [0.25, 0.3) is 0 Å². The monoisotopic (exact) mass is 240 g/mol. The molecule has 4 N–H and O–H groups in total. The second kappa shape index (κ2) is 5.64. The summed E-state index contributed by atoms with van der Waals surface area (Å²) in [6.45, 7) is 1.93. The van der Waals surface area contributed by atoms with Crippen molar-refractivity contribution in [1.82, 2.24) is 9.97 Å². The molecular formula is C9H12N4O4. The van der Waals surface area contributed by atoms with Gasteiger partial charge in [-0.15, -0.1) is 0 Å². The molecule has 0 aliphatic heterocycles. The fourth-order valence-corrected chi connectivity index (χ4v) is 1.08. The Bertz CT molecular complexity index is 435. The van der Waals surface area contributed by atoms with Gasteiger partial charge in [0.15, 0.2) is 0 Å². The van der Waals surface area contributed by atoms with Crippen LogP contribution in [-0.4, -0.2) is 40.3 Å². The number of aromatic nitrogens is 2. The topological polar surface area (TPSA) is 127 Å². The third-order valence-corrected chi connectivity index (χ3v) is 1.84. The summed E-state index contributed by atoms with van der Waals surface area (Å²) in [5.74, 6) is -0.813. The predicted molar refractivity (Wildman–Crippen MR) is 57.8 cm³/mol. The molecule has 92 valence electrons. The third kappa shape index (κ3) is 3.93. The van der Waals surface area contributed by atoms with Crippen molar-refractivity contribution >= 4 is 18.0 Å². The van der Waals surface area contributed by atoms with E-state index in [0.717, 1.165) is 0 Å². The van der Waals surface area contributed by atoms with Crippen molar-refractivity contribution in [2.45, 2.75) is 6.92 Å². The lowest BCUT2D eigenvalue weighted by molar-refractivity contribution is 0.0695. The summed E-state index contributed by atoms with van der Waals surface area (Å²) in [6, 6.07) is 0. The van der Waals surface area contributed by atoms with E-state index in [9.17, 15) is 9.59 Å². The van der Waals surface area contributed by atoms with Crippen LogP contribution in [0.15, 0.2) is 6.20 Å². The molecule has 1 amide bonds. The molecule has 0 spiro atoms. The molecule has 1 rings (SSSR count). The molecule has 0 aliphatic rings. The summed E-state index contributed by atoms with van der Waals surface area (Å²) in [5.41, 5.74) is 5.16. The van der Waals surface area contributed by atoms with Crippen molar-refractivity contribution < 1.29 is 19.4 Å². The fourth-order valence-electron chi connectivity index (χ4n) is 1.08. The SMILES string of the molecule is Cc1nc(NCCOC(N)=O)ncc1C(=O)O. The van der Waals surface area contributed by atoms with Crippen molar-refractivity contribution in [2.75, 3.05) is 18.5 Å². The lowest BCUT2D eigenvalue weighted by Crippen LogP contribution is -2.19. The van der Waals surface area contributed by atoms with Gasteiger partial charge < -0.3 is 20.9 Å². The molecule has 1 aromatic heterocycles. The van der Waals surface area contributed by atoms with Crippen LogP contribution in [0.1, 0.15) is 16.1 Å². The number of anilines is 1. The number of carboxylic acids is 1. The highest BCUT2D eigenvalue weighted by atomic mass is 16.5. The van der Waals surface area contributed by atoms with Crippen LogP contribution >= 0.6 is 0 Å². The van der Waals surface area contributed by atoms with Gasteiger partial charge in [-0.05, 0) is 6.92 Å². The summed E-state index contributed by atoms with van der Waals surface area (Å²) in [4.78, 5) is 28.7. The van der Waals surface area contributed by atoms with Crippen LogP contribution in [0, 0.1) is 6.92 Å². The molecule has 0 radical (unpaired) electrons. The van der Waals surface area contributed by atoms with Gasteiger partial charge in [0.25, 0.3) is 0 Å². The van der Waals surface area contributed by atoms with Crippen LogP contribution in [-0.2, 0) is 4.74 Å². The lowest BCUT2D eigenvalue weighted by atomic mass is 10.2. The van der Waals surface area contributed by atoms with E-state index in [-0.39, 0.29) is 24.7 Å². The Kier molecular flexibility index (Phi) is 4.21. The first-order valence-corrected chi connectivity index (χ1v) is 4.73. The van der Waals surface area contributed by atoms with E-state index in [1.165, 1.54) is 6.20 Å². The summed E-state index contributed by atoms with van der Waals surface area (Å²) in [6.07, 6.45) is 0.354. The molecule has 17 heavy (non-hydrogen) atoms. The van der Waals surface area contributed by atoms with Gasteiger partial charge in [0.2, 0.25) is 5.95 Å². The van der Waals surface area contributed by atoms with Gasteiger partial charge in [-0.3, -0.25) is 0 Å². The normalized spacial score (nSPS) is 9.71. The maximum Gasteiger partial charge on any atom is 0.404 e. The number of ether oxygens (including phenoxy) is 1. The van der Waals surface area contributed by atoms with Crippen LogP contribution in [0.3, 0.4) is 0 Å². The van der Waals surface area contributed by atoms with Crippen LogP contribution in [0.4, 0.5) is 10.7 Å². The van der Waals surface area contributed by atoms with Gasteiger partial charge in [-0.2, -0.15) is 0 Å². The summed E-state index contributed by atoms with van der Waals surface area (Å²) < 4.78 is 4.48. The van der Waals surface area contributed by atoms with E-state index < -0.39 is 12.1 Å². The van der Waals surface area contributed by atoms with Gasteiger partial charge in [0.1, 0.15) is 6.61 Å². The molecule has 0 atom stereocenters. The molecule has 1 heterocycles. The largest absolute Gasteiger partial charge is 0.478 e. The average molecular weight is 240 g/mol. The maximum absolute atomic E-state index is 10.7. The highest BCUT2D eigenvalue weighted by Gasteiger charge is 2.09. The summed E-state index contributed by atoms with van der Waals surface area (Å²) in [5, 5.41) is 11.5. The second-order valence-corrected chi connectivity index (χ2v) is 3.09. The van der Waals surface area contributed by atoms with E-state index in [1.54, 1.807) is 6.92 Å². The fraction of sp³-hybridized carbons (Fsp3) is 0.333. The highest BCUT2D eigenvalue weighted by Crippen LogP contribution is 2.06. The summed E-state index contributed by atoms with van der Waals surface area (Å²) in [7, 11) is 0. The van der Waals surface area contributed by atoms with Crippen LogP contribution in [0.2, 0.25) is 0 Å². The number of nitrogens with zero attached hydrogens (tertiary/aromatic N) is 2. The lowest BCUT2D eigenvalue weighted by Gasteiger charge is -2.06. The average Bonchev–Trinajstić information content (AvgIpc) is 2.23. The van der Waals surface area contributed by atoms with Crippen molar-refractivity contribution in [2.24, 2.45) is 5.73 Å². The molecule has 0 fully saturated rings. The zero-order valence-electron chi connectivity index (χ0n) is 9.14. The molecule has 0 aromatic carbocycles. The van der Waals surface area contributed by atoms with Gasteiger partial charge in [-0.1, -0.05) is 0 Å². The number of hydrogen-bond donors (Lipinski definition) is 3. The Morgan fingerprint density at radius 2 is 2.29 bits per heavy atom. The first-order chi connectivity index (χ1) is 8.00. The van der Waals surface area contributed by atoms with E-state index >= 15 is 0 Å². The Morgan fingerprint density at radius 3 is 2.82 bits per heavy atom. The minimum Gasteiger partial charge on any atom is -0.478 e. The van der Waals surface area contributed by atoms with E-state index in [4.69, 9.17) is 10.8 Å². The standard InChI is InChI=1S/C9H12N4O4/c1-5-6(7(14)15)4-12-9(13-5)11-2-3-17-8(10)16/h4H,2-3H2,1H3,(H2,10,16)(H,14,15)(H,11,12,13). The minimum absolute atomic E-state index is 0.0453. The first-order valence-electron chi connectivity index (χ1n) is 4.73. The summed E-state index contributed by atoms with van der Waals surface area (Å²) >= 11 is 0. The zero-order chi connectivity index (χ0) is 12.8. The zero-order valence-corrected chi connectivity index (χ0v) is 9.14. The highest BCUT2D eigenvalue weighted by molar-refractivity contribution is 5.88. The third-order valence-electron chi connectivity index (χ3n) is 1.84. The number of nitrogens with one attached hydrogen (secondary N) is 1. The number of amides is 1. The Morgan fingerprint density at radius 1 is 1.59 bits per heavy atom. The quantitative estimate of drug-likeness (QED) is 0.617. The van der Waals surface area contributed by atoms with Gasteiger partial charge >= 0.3 is 12.1 Å². The number of primary amides is 1. The number of nitrogens with two attached hydrogens (primary N) is 1. The van der Waals surface area contributed by atoms with Crippen molar-refractivity contribution in [3.05, 3.63) is 17.5 Å². The Hall–Kier alpha value is -2.38. The Labute approximate surface area is 96.8 Å². The van der Waals surface area contributed by atoms with Gasteiger partial charge in [-0.25, -0.2) is 19.6 Å². The molecular weight excluding hydrogens is 228 g/mol. The number of aromatic carboxylic acids is 1. The van der Waals surface area contributed by atoms with Crippen molar-refractivity contribution in [3.8, 4) is 0 Å². The molecule has 0 saturated carbocycles. The van der Waals surface area contributed by atoms with E-state index in [2.05, 4.69) is 20.0 Å². The first kappa shape index (κ1) is 12.7. The molecule has 1 aromatic rings. The molecule has 8 heteroatoms. The number of aryl methyl sites for hydroxylation is 1. The smallest absolute Gasteiger partial charge is 0.404 e. The molecule has 8 nitrogen and oxygen atoms in total. The number of rotatable bonds is 5. The molecule has 0 bridgehead atoms. The maximum atomic E-state index is 10.7. The molecule has 0 unspecified atom stereocenters. The van der Waals surface area contributed by atoms with E-state index in [1.807, 2.05) is 0 Å². The predicted octanol–water partition coefficient (Wildman–Crippen LogP) is -0.00958. The number of hydrogen-bond acceptors (Lipinski definition) is 6.